The third kappa shape index (κ3) is 2.45. The Kier molecular flexibility index (Phi) is 3.68. The van der Waals surface area contributed by atoms with Gasteiger partial charge in [0.1, 0.15) is 5.75 Å². The minimum Gasteiger partial charge on any atom is -0.481 e. The first-order chi connectivity index (χ1) is 13.9. The number of nitro groups is 1. The van der Waals surface area contributed by atoms with Crippen LogP contribution in [0.5, 0.6) is 11.5 Å². The molecule has 4 aliphatic rings. The van der Waals surface area contributed by atoms with Gasteiger partial charge in [-0.05, 0) is 60.9 Å². The fraction of sp³-hybridized carbons (Fsp3) is 0.333. The first-order valence-electron chi connectivity index (χ1n) is 9.48. The Labute approximate surface area is 165 Å². The van der Waals surface area contributed by atoms with Crippen LogP contribution in [0.25, 0.3) is 0 Å². The Hall–Kier alpha value is -3.42. The molecule has 2 aromatic rings. The fourth-order valence-corrected chi connectivity index (χ4v) is 5.56. The maximum Gasteiger partial charge on any atom is 0.312 e. The SMILES string of the molecule is O=C(NC1C2CC3C(C2)C31C(=O)O)c1ccc(Oc2ccccc2[N+](=O)[O-])cc1. The zero-order valence-corrected chi connectivity index (χ0v) is 15.3. The summed E-state index contributed by atoms with van der Waals surface area (Å²) in [6, 6.07) is 12.0. The number of rotatable bonds is 6. The molecule has 0 spiro atoms. The van der Waals surface area contributed by atoms with Crippen molar-refractivity contribution in [3.63, 3.8) is 0 Å². The summed E-state index contributed by atoms with van der Waals surface area (Å²) in [5, 5.41) is 23.7. The molecule has 0 radical (unpaired) electrons. The van der Waals surface area contributed by atoms with Crippen molar-refractivity contribution in [3.8, 4) is 11.5 Å². The molecule has 2 N–H and O–H groups in total. The summed E-state index contributed by atoms with van der Waals surface area (Å²) in [6.07, 6.45) is 1.76. The van der Waals surface area contributed by atoms with Crippen molar-refractivity contribution >= 4 is 17.6 Å². The van der Waals surface area contributed by atoms with Gasteiger partial charge in [0.05, 0.1) is 10.3 Å². The molecule has 4 saturated carbocycles. The van der Waals surface area contributed by atoms with Gasteiger partial charge in [-0.1, -0.05) is 12.1 Å². The van der Waals surface area contributed by atoms with E-state index >= 15 is 0 Å². The summed E-state index contributed by atoms with van der Waals surface area (Å²) in [5.41, 5.74) is -0.524. The van der Waals surface area contributed by atoms with Crippen LogP contribution in [0.1, 0.15) is 23.2 Å². The van der Waals surface area contributed by atoms with Crippen LogP contribution in [-0.2, 0) is 4.79 Å². The largest absolute Gasteiger partial charge is 0.481 e. The smallest absolute Gasteiger partial charge is 0.312 e. The van der Waals surface area contributed by atoms with Crippen LogP contribution in [0, 0.1) is 33.3 Å². The van der Waals surface area contributed by atoms with E-state index in [2.05, 4.69) is 5.32 Å². The number of amides is 1. The average molecular weight is 394 g/mol. The molecule has 0 heterocycles. The number of benzene rings is 2. The van der Waals surface area contributed by atoms with E-state index in [1.54, 1.807) is 36.4 Å². The molecule has 0 aromatic heterocycles. The highest BCUT2D eigenvalue weighted by atomic mass is 16.6. The monoisotopic (exact) mass is 394 g/mol. The summed E-state index contributed by atoms with van der Waals surface area (Å²) in [7, 11) is 0. The molecule has 148 valence electrons. The predicted octanol–water partition coefficient (Wildman–Crippen LogP) is 3.23. The van der Waals surface area contributed by atoms with Crippen molar-refractivity contribution in [1.82, 2.24) is 5.32 Å². The van der Waals surface area contributed by atoms with E-state index in [0.29, 0.717) is 11.3 Å². The second-order valence-corrected chi connectivity index (χ2v) is 7.99. The Morgan fingerprint density at radius 1 is 1.10 bits per heavy atom. The first kappa shape index (κ1) is 17.7. The second kappa shape index (κ2) is 6.04. The summed E-state index contributed by atoms with van der Waals surface area (Å²) >= 11 is 0. The third-order valence-corrected chi connectivity index (χ3v) is 6.77. The van der Waals surface area contributed by atoms with Crippen LogP contribution in [-0.4, -0.2) is 27.9 Å². The van der Waals surface area contributed by atoms with Crippen molar-refractivity contribution in [2.45, 2.75) is 18.9 Å². The third-order valence-electron chi connectivity index (χ3n) is 6.77. The van der Waals surface area contributed by atoms with E-state index in [4.69, 9.17) is 4.74 Å². The van der Waals surface area contributed by atoms with Crippen LogP contribution >= 0.6 is 0 Å². The van der Waals surface area contributed by atoms with Gasteiger partial charge in [0, 0.05) is 17.7 Å². The Morgan fingerprint density at radius 2 is 1.76 bits per heavy atom. The number of carboxylic acid groups (broad SMARTS) is 1. The van der Waals surface area contributed by atoms with E-state index in [-0.39, 0.29) is 41.1 Å². The van der Waals surface area contributed by atoms with Gasteiger partial charge in [0.25, 0.3) is 5.91 Å². The lowest BCUT2D eigenvalue weighted by atomic mass is 9.97. The highest BCUT2D eigenvalue weighted by Gasteiger charge is 2.83. The summed E-state index contributed by atoms with van der Waals surface area (Å²) in [4.78, 5) is 35.0. The zero-order chi connectivity index (χ0) is 20.3. The van der Waals surface area contributed by atoms with Crippen molar-refractivity contribution in [2.75, 3.05) is 0 Å². The molecule has 3 atom stereocenters. The number of nitro benzene ring substituents is 1. The maximum absolute atomic E-state index is 12.7. The van der Waals surface area contributed by atoms with Crippen LogP contribution in [0.3, 0.4) is 0 Å². The van der Waals surface area contributed by atoms with Crippen LogP contribution < -0.4 is 10.1 Å². The highest BCUT2D eigenvalue weighted by molar-refractivity contribution is 5.95. The molecule has 4 aliphatic carbocycles. The number of hydrogen-bond acceptors (Lipinski definition) is 5. The number of carboxylic acids is 1. The number of ether oxygens (including phenoxy) is 1. The average Bonchev–Trinajstić information content (AvgIpc) is 3.02. The number of carbonyl (C=O) groups excluding carboxylic acids is 1. The Morgan fingerprint density at radius 3 is 2.38 bits per heavy atom. The number of hydrogen-bond donors (Lipinski definition) is 2. The molecular weight excluding hydrogens is 376 g/mol. The number of carbonyl (C=O) groups is 2. The van der Waals surface area contributed by atoms with Gasteiger partial charge in [-0.25, -0.2) is 0 Å². The summed E-state index contributed by atoms with van der Waals surface area (Å²) in [6.45, 7) is 0. The molecule has 4 bridgehead atoms. The van der Waals surface area contributed by atoms with Crippen molar-refractivity contribution in [3.05, 3.63) is 64.2 Å². The molecular formula is C21H18N2O6. The molecule has 4 fully saturated rings. The van der Waals surface area contributed by atoms with Crippen molar-refractivity contribution in [2.24, 2.45) is 23.2 Å². The zero-order valence-electron chi connectivity index (χ0n) is 15.3. The normalized spacial score (nSPS) is 30.6. The molecule has 1 amide bonds. The van der Waals surface area contributed by atoms with Crippen LogP contribution in [0.2, 0.25) is 0 Å². The lowest BCUT2D eigenvalue weighted by Crippen LogP contribution is -2.44. The molecule has 3 unspecified atom stereocenters. The summed E-state index contributed by atoms with van der Waals surface area (Å²) < 4.78 is 5.58. The number of para-hydroxylation sites is 2. The molecule has 2 aromatic carbocycles. The van der Waals surface area contributed by atoms with Gasteiger partial charge in [0.2, 0.25) is 5.75 Å². The molecule has 6 rings (SSSR count). The maximum atomic E-state index is 12.7. The molecule has 8 nitrogen and oxygen atoms in total. The van der Waals surface area contributed by atoms with Crippen LogP contribution in [0.15, 0.2) is 48.5 Å². The van der Waals surface area contributed by atoms with E-state index in [0.717, 1.165) is 12.8 Å². The second-order valence-electron chi connectivity index (χ2n) is 7.99. The number of nitrogens with one attached hydrogen (secondary N) is 1. The number of nitrogens with zero attached hydrogens (tertiary/aromatic N) is 1. The molecule has 0 saturated heterocycles. The predicted molar refractivity (Wildman–Crippen MR) is 101 cm³/mol. The standard InChI is InChI=1S/C21H18N2O6/c24-19(22-18-12-9-14-15(10-12)21(14,18)20(25)26)11-5-7-13(8-6-11)29-17-4-2-1-3-16(17)23(27)28/h1-8,12,14-15,18H,9-10H2,(H,22,24)(H,25,26). The van der Waals surface area contributed by atoms with E-state index in [9.17, 15) is 24.8 Å². The van der Waals surface area contributed by atoms with Gasteiger partial charge in [-0.2, -0.15) is 0 Å². The molecule has 8 heteroatoms. The lowest BCUT2D eigenvalue weighted by Gasteiger charge is -2.22. The quantitative estimate of drug-likeness (QED) is 0.574. The first-order valence-corrected chi connectivity index (χ1v) is 9.48. The summed E-state index contributed by atoms with van der Waals surface area (Å²) in [5.74, 6) is 0.00989. The number of aliphatic carboxylic acids is 1. The Bertz CT molecular complexity index is 1020. The van der Waals surface area contributed by atoms with E-state index in [1.807, 2.05) is 0 Å². The fourth-order valence-electron chi connectivity index (χ4n) is 5.56. The van der Waals surface area contributed by atoms with Gasteiger partial charge in [-0.3, -0.25) is 19.7 Å². The molecule has 29 heavy (non-hydrogen) atoms. The van der Waals surface area contributed by atoms with Crippen molar-refractivity contribution in [1.29, 1.82) is 0 Å². The van der Waals surface area contributed by atoms with Gasteiger partial charge in [-0.15, -0.1) is 0 Å². The minimum absolute atomic E-state index is 0.114. The van der Waals surface area contributed by atoms with Gasteiger partial charge in [0.15, 0.2) is 0 Å². The van der Waals surface area contributed by atoms with Gasteiger partial charge < -0.3 is 15.2 Å². The highest BCUT2D eigenvalue weighted by Crippen LogP contribution is 2.79. The topological polar surface area (TPSA) is 119 Å². The Balaban J connectivity index is 1.30. The van der Waals surface area contributed by atoms with E-state index in [1.165, 1.54) is 12.1 Å². The van der Waals surface area contributed by atoms with E-state index < -0.39 is 16.3 Å². The van der Waals surface area contributed by atoms with Crippen LogP contribution in [0.4, 0.5) is 5.69 Å². The molecule has 0 aliphatic heterocycles. The van der Waals surface area contributed by atoms with Gasteiger partial charge >= 0.3 is 11.7 Å². The minimum atomic E-state index is -0.800. The van der Waals surface area contributed by atoms with Crippen molar-refractivity contribution < 1.29 is 24.4 Å². The lowest BCUT2D eigenvalue weighted by molar-refractivity contribution is -0.385.